The summed E-state index contributed by atoms with van der Waals surface area (Å²) in [6, 6.07) is 0. The lowest BCUT2D eigenvalue weighted by Crippen LogP contribution is -2.37. The molecule has 1 heterocycles. The van der Waals surface area contributed by atoms with Gasteiger partial charge in [-0.15, -0.1) is 6.58 Å². The van der Waals surface area contributed by atoms with Crippen molar-refractivity contribution in [3.05, 3.63) is 24.8 Å². The van der Waals surface area contributed by atoms with E-state index in [0.29, 0.717) is 13.0 Å². The Kier molecular flexibility index (Phi) is 2.85. The van der Waals surface area contributed by atoms with Crippen molar-refractivity contribution in [3.8, 4) is 0 Å². The molecule has 1 atom stereocenters. The molecule has 0 bridgehead atoms. The topological polar surface area (TPSA) is 29.5 Å². The standard InChI is InChI=1S/C9H14O2/c1-2-5-9(8-10)6-3-4-7-11-9/h2-4,10H,1,5-8H2. The highest BCUT2D eigenvalue weighted by Crippen LogP contribution is 2.24. The first kappa shape index (κ1) is 8.50. The molecule has 1 aliphatic heterocycles. The molecule has 2 heteroatoms. The van der Waals surface area contributed by atoms with Crippen molar-refractivity contribution in [2.24, 2.45) is 0 Å². The van der Waals surface area contributed by atoms with Crippen LogP contribution in [0, 0.1) is 0 Å². The number of hydrogen-bond acceptors (Lipinski definition) is 2. The predicted molar refractivity (Wildman–Crippen MR) is 44.3 cm³/mol. The molecule has 0 aliphatic carbocycles. The third-order valence-electron chi connectivity index (χ3n) is 1.95. The van der Waals surface area contributed by atoms with Gasteiger partial charge >= 0.3 is 0 Å². The third kappa shape index (κ3) is 1.91. The minimum Gasteiger partial charge on any atom is -0.393 e. The van der Waals surface area contributed by atoms with E-state index in [1.165, 1.54) is 0 Å². The first-order chi connectivity index (χ1) is 5.33. The molecule has 0 amide bonds. The lowest BCUT2D eigenvalue weighted by atomic mass is 9.94. The Hall–Kier alpha value is -0.600. The molecular formula is C9H14O2. The molecule has 62 valence electrons. The Balaban J connectivity index is 2.58. The normalized spacial score (nSPS) is 30.3. The average molecular weight is 154 g/mol. The SMILES string of the molecule is C=CCC1(CO)CC=CCO1. The maximum absolute atomic E-state index is 9.07. The van der Waals surface area contributed by atoms with Crippen molar-refractivity contribution in [1.82, 2.24) is 0 Å². The first-order valence-corrected chi connectivity index (χ1v) is 3.84. The fourth-order valence-electron chi connectivity index (χ4n) is 1.23. The van der Waals surface area contributed by atoms with Crippen LogP contribution >= 0.6 is 0 Å². The Labute approximate surface area is 67.2 Å². The molecule has 0 aromatic heterocycles. The summed E-state index contributed by atoms with van der Waals surface area (Å²) in [4.78, 5) is 0. The number of hydrogen-bond donors (Lipinski definition) is 1. The highest BCUT2D eigenvalue weighted by Gasteiger charge is 2.28. The van der Waals surface area contributed by atoms with Gasteiger partial charge in [-0.05, 0) is 12.8 Å². The largest absolute Gasteiger partial charge is 0.393 e. The van der Waals surface area contributed by atoms with Crippen LogP contribution in [-0.2, 0) is 4.74 Å². The van der Waals surface area contributed by atoms with E-state index in [0.717, 1.165) is 6.42 Å². The lowest BCUT2D eigenvalue weighted by molar-refractivity contribution is -0.0700. The van der Waals surface area contributed by atoms with Gasteiger partial charge in [0, 0.05) is 0 Å². The monoisotopic (exact) mass is 154 g/mol. The number of rotatable bonds is 3. The maximum Gasteiger partial charge on any atom is 0.0984 e. The Morgan fingerprint density at radius 1 is 1.64 bits per heavy atom. The second-order valence-electron chi connectivity index (χ2n) is 2.82. The van der Waals surface area contributed by atoms with Crippen molar-refractivity contribution in [2.45, 2.75) is 18.4 Å². The summed E-state index contributed by atoms with van der Waals surface area (Å²) in [6.45, 7) is 4.31. The molecule has 0 saturated carbocycles. The second kappa shape index (κ2) is 3.69. The highest BCUT2D eigenvalue weighted by molar-refractivity contribution is 5.00. The van der Waals surface area contributed by atoms with Crippen molar-refractivity contribution in [3.63, 3.8) is 0 Å². The Morgan fingerprint density at radius 3 is 2.91 bits per heavy atom. The van der Waals surface area contributed by atoms with Gasteiger partial charge in [0.25, 0.3) is 0 Å². The van der Waals surface area contributed by atoms with Crippen LogP contribution in [0.15, 0.2) is 24.8 Å². The molecule has 0 radical (unpaired) electrons. The molecule has 1 N–H and O–H groups in total. The molecule has 0 fully saturated rings. The van der Waals surface area contributed by atoms with Crippen LogP contribution < -0.4 is 0 Å². The fraction of sp³-hybridized carbons (Fsp3) is 0.556. The van der Waals surface area contributed by atoms with E-state index in [2.05, 4.69) is 6.58 Å². The van der Waals surface area contributed by atoms with E-state index in [1.54, 1.807) is 6.08 Å². The molecule has 1 aliphatic rings. The van der Waals surface area contributed by atoms with Crippen LogP contribution in [0.2, 0.25) is 0 Å². The fourth-order valence-corrected chi connectivity index (χ4v) is 1.23. The minimum absolute atomic E-state index is 0.0728. The summed E-state index contributed by atoms with van der Waals surface area (Å²) >= 11 is 0. The van der Waals surface area contributed by atoms with Gasteiger partial charge in [-0.3, -0.25) is 0 Å². The van der Waals surface area contributed by atoms with Crippen molar-refractivity contribution < 1.29 is 9.84 Å². The lowest BCUT2D eigenvalue weighted by Gasteiger charge is -2.31. The molecule has 0 spiro atoms. The van der Waals surface area contributed by atoms with Crippen LogP contribution in [0.3, 0.4) is 0 Å². The van der Waals surface area contributed by atoms with Crippen LogP contribution in [0.25, 0.3) is 0 Å². The summed E-state index contributed by atoms with van der Waals surface area (Å²) in [5, 5.41) is 9.07. The quantitative estimate of drug-likeness (QED) is 0.620. The Bertz CT molecular complexity index is 163. The zero-order valence-electron chi connectivity index (χ0n) is 6.62. The van der Waals surface area contributed by atoms with Crippen LogP contribution in [-0.4, -0.2) is 23.9 Å². The van der Waals surface area contributed by atoms with Gasteiger partial charge in [0.05, 0.1) is 18.8 Å². The molecule has 0 aromatic carbocycles. The van der Waals surface area contributed by atoms with Gasteiger partial charge in [0.1, 0.15) is 0 Å². The molecule has 1 unspecified atom stereocenters. The minimum atomic E-state index is -0.378. The third-order valence-corrected chi connectivity index (χ3v) is 1.95. The molecular weight excluding hydrogens is 140 g/mol. The van der Waals surface area contributed by atoms with Gasteiger partial charge in [0.15, 0.2) is 0 Å². The van der Waals surface area contributed by atoms with Gasteiger partial charge in [-0.25, -0.2) is 0 Å². The molecule has 11 heavy (non-hydrogen) atoms. The van der Waals surface area contributed by atoms with Crippen LogP contribution in [0.5, 0.6) is 0 Å². The number of aliphatic hydroxyl groups is 1. The van der Waals surface area contributed by atoms with E-state index >= 15 is 0 Å². The summed E-state index contributed by atoms with van der Waals surface area (Å²) in [6.07, 6.45) is 7.30. The molecule has 1 rings (SSSR count). The van der Waals surface area contributed by atoms with E-state index in [1.807, 2.05) is 12.2 Å². The summed E-state index contributed by atoms with van der Waals surface area (Å²) in [5.41, 5.74) is -0.378. The zero-order valence-corrected chi connectivity index (χ0v) is 6.62. The Morgan fingerprint density at radius 2 is 2.45 bits per heavy atom. The van der Waals surface area contributed by atoms with Gasteiger partial charge < -0.3 is 9.84 Å². The van der Waals surface area contributed by atoms with Gasteiger partial charge in [-0.1, -0.05) is 18.2 Å². The maximum atomic E-state index is 9.07. The average Bonchev–Trinajstić information content (AvgIpc) is 2.07. The van der Waals surface area contributed by atoms with E-state index < -0.39 is 0 Å². The van der Waals surface area contributed by atoms with Gasteiger partial charge in [0.2, 0.25) is 0 Å². The van der Waals surface area contributed by atoms with E-state index in [4.69, 9.17) is 9.84 Å². The van der Waals surface area contributed by atoms with Gasteiger partial charge in [-0.2, -0.15) is 0 Å². The molecule has 0 saturated heterocycles. The number of ether oxygens (including phenoxy) is 1. The molecule has 2 nitrogen and oxygen atoms in total. The van der Waals surface area contributed by atoms with E-state index in [-0.39, 0.29) is 12.2 Å². The van der Waals surface area contributed by atoms with Crippen molar-refractivity contribution >= 4 is 0 Å². The zero-order chi connectivity index (χ0) is 8.16. The van der Waals surface area contributed by atoms with Crippen LogP contribution in [0.4, 0.5) is 0 Å². The summed E-state index contributed by atoms with van der Waals surface area (Å²) in [5.74, 6) is 0. The van der Waals surface area contributed by atoms with Crippen molar-refractivity contribution in [1.29, 1.82) is 0 Å². The van der Waals surface area contributed by atoms with Crippen molar-refractivity contribution in [2.75, 3.05) is 13.2 Å². The molecule has 0 aromatic rings. The predicted octanol–water partition coefficient (Wildman–Crippen LogP) is 1.27. The highest BCUT2D eigenvalue weighted by atomic mass is 16.5. The summed E-state index contributed by atoms with van der Waals surface area (Å²) in [7, 11) is 0. The smallest absolute Gasteiger partial charge is 0.0984 e. The summed E-state index contributed by atoms with van der Waals surface area (Å²) < 4.78 is 5.45. The first-order valence-electron chi connectivity index (χ1n) is 3.84. The second-order valence-corrected chi connectivity index (χ2v) is 2.82. The van der Waals surface area contributed by atoms with Crippen LogP contribution in [0.1, 0.15) is 12.8 Å². The number of aliphatic hydroxyl groups excluding tert-OH is 1. The van der Waals surface area contributed by atoms with E-state index in [9.17, 15) is 0 Å².